The van der Waals surface area contributed by atoms with Crippen molar-refractivity contribution < 1.29 is 5.11 Å². The van der Waals surface area contributed by atoms with Crippen LogP contribution in [0.3, 0.4) is 0 Å². The molecule has 0 bridgehead atoms. The van der Waals surface area contributed by atoms with Crippen molar-refractivity contribution in [3.8, 4) is 0 Å². The van der Waals surface area contributed by atoms with E-state index in [1.165, 1.54) is 0 Å². The zero-order valence-corrected chi connectivity index (χ0v) is 6.09. The average molecular weight is 178 g/mol. The van der Waals surface area contributed by atoms with Gasteiger partial charge in [0.1, 0.15) is 0 Å². The fourth-order valence-electron chi connectivity index (χ4n) is 0. The molecule has 0 saturated heterocycles. The first-order valence-corrected chi connectivity index (χ1v) is 5.96. The quantitative estimate of drug-likeness (QED) is 0.555. The molecule has 0 spiro atoms. The molecule has 5 heavy (non-hydrogen) atoms. The summed E-state index contributed by atoms with van der Waals surface area (Å²) in [5, 5.41) is 8.33. The normalized spacial score (nSPS) is 15.0. The Morgan fingerprint density at radius 2 is 2.20 bits per heavy atom. The van der Waals surface area contributed by atoms with Gasteiger partial charge in [0.25, 0.3) is 0 Å². The summed E-state index contributed by atoms with van der Waals surface area (Å²) >= 11 is -0.421. The summed E-state index contributed by atoms with van der Waals surface area (Å²) in [4.78, 5) is 2.06. The molecule has 0 fully saturated rings. The van der Waals surface area contributed by atoms with Crippen LogP contribution < -0.4 is 0 Å². The Morgan fingerprint density at radius 3 is 2.20 bits per heavy atom. The van der Waals surface area contributed by atoms with Crippen molar-refractivity contribution in [2.24, 2.45) is 0 Å². The fourth-order valence-corrected chi connectivity index (χ4v) is 0. The van der Waals surface area contributed by atoms with E-state index in [2.05, 4.69) is 11.9 Å². The third kappa shape index (κ3) is 4.76. The van der Waals surface area contributed by atoms with Gasteiger partial charge in [0.05, 0.1) is 0 Å². The molecule has 1 N–H and O–H groups in total. The molecule has 0 aromatic rings. The van der Waals surface area contributed by atoms with Crippen LogP contribution in [0.1, 0.15) is 0 Å². The summed E-state index contributed by atoms with van der Waals surface area (Å²) in [5.74, 6) is 0. The summed E-state index contributed by atoms with van der Waals surface area (Å²) in [5.41, 5.74) is 0. The molecule has 2 heteroatoms. The second-order valence-electron chi connectivity index (χ2n) is 0.804. The number of aliphatic hydroxyl groups is 1. The Kier molecular flexibility index (Phi) is 3.42. The van der Waals surface area contributed by atoms with Crippen LogP contribution in [0.4, 0.5) is 0 Å². The number of hydrogen-bond donors (Lipinski definition) is 1. The van der Waals surface area contributed by atoms with Crippen molar-refractivity contribution >= 4 is 21.1 Å². The third-order valence-electron chi connectivity index (χ3n) is 0.333. The summed E-state index contributed by atoms with van der Waals surface area (Å²) in [6.45, 7) is 3.39. The Bertz CT molecular complexity index is 20.9. The van der Waals surface area contributed by atoms with E-state index in [4.69, 9.17) is 5.11 Å². The van der Waals surface area contributed by atoms with Gasteiger partial charge in [-0.05, 0) is 0 Å². The van der Waals surface area contributed by atoms with Gasteiger partial charge < -0.3 is 0 Å². The van der Waals surface area contributed by atoms with E-state index >= 15 is 0 Å². The van der Waals surface area contributed by atoms with Crippen molar-refractivity contribution in [1.29, 1.82) is 0 Å². The molecule has 0 aliphatic carbocycles. The molecule has 1 unspecified atom stereocenters. The van der Waals surface area contributed by atoms with Crippen molar-refractivity contribution in [3.63, 3.8) is 0 Å². The second kappa shape index (κ2) is 2.97. The topological polar surface area (TPSA) is 20.2 Å². The molecule has 0 aliphatic rings. The van der Waals surface area contributed by atoms with Crippen LogP contribution in [-0.4, -0.2) is 30.4 Å². The van der Waals surface area contributed by atoms with E-state index < -0.39 is 21.1 Å². The first-order valence-electron chi connectivity index (χ1n) is 1.46. The SMILES string of the molecule is [CH2][CH](O)[Sn][CH3]. The van der Waals surface area contributed by atoms with Crippen LogP contribution in [0.5, 0.6) is 0 Å². The number of hydrogen-bond acceptors (Lipinski definition) is 1. The summed E-state index contributed by atoms with van der Waals surface area (Å²) in [6, 6.07) is 0. The van der Waals surface area contributed by atoms with Gasteiger partial charge in [0.15, 0.2) is 0 Å². The predicted molar refractivity (Wildman–Crippen MR) is 23.0 cm³/mol. The maximum atomic E-state index is 8.33. The van der Waals surface area contributed by atoms with Crippen LogP contribution in [0.2, 0.25) is 4.94 Å². The van der Waals surface area contributed by atoms with Crippen LogP contribution >= 0.6 is 0 Å². The van der Waals surface area contributed by atoms with Crippen LogP contribution in [0.15, 0.2) is 0 Å². The van der Waals surface area contributed by atoms with Crippen LogP contribution in [-0.2, 0) is 0 Å². The molecule has 0 aromatic carbocycles. The molecule has 0 aliphatic heterocycles. The molecule has 1 nitrogen and oxygen atoms in total. The van der Waals surface area contributed by atoms with E-state index in [0.717, 1.165) is 0 Å². The van der Waals surface area contributed by atoms with Gasteiger partial charge >= 0.3 is 42.2 Å². The average Bonchev–Trinajstić information content (AvgIpc) is 1.38. The van der Waals surface area contributed by atoms with Gasteiger partial charge in [-0.1, -0.05) is 0 Å². The molecule has 3 radical (unpaired) electrons. The van der Waals surface area contributed by atoms with Gasteiger partial charge in [0, 0.05) is 0 Å². The molecule has 0 aromatic heterocycles. The maximum absolute atomic E-state index is 8.33. The van der Waals surface area contributed by atoms with Crippen molar-refractivity contribution in [2.75, 3.05) is 0 Å². The van der Waals surface area contributed by atoms with Crippen molar-refractivity contribution in [1.82, 2.24) is 0 Å². The van der Waals surface area contributed by atoms with Gasteiger partial charge in [0.2, 0.25) is 0 Å². The van der Waals surface area contributed by atoms with Crippen LogP contribution in [0, 0.1) is 6.92 Å². The monoisotopic (exact) mass is 179 g/mol. The minimum atomic E-state index is -0.421. The molecule has 29 valence electrons. The summed E-state index contributed by atoms with van der Waals surface area (Å²) in [7, 11) is 0. The first kappa shape index (κ1) is 5.76. The van der Waals surface area contributed by atoms with E-state index in [1.807, 2.05) is 0 Å². The predicted octanol–water partition coefficient (Wildman–Crippen LogP) is -0.109. The minimum absolute atomic E-state index is 0.196. The molecule has 1 atom stereocenters. The van der Waals surface area contributed by atoms with Crippen LogP contribution in [0.25, 0.3) is 0 Å². The summed E-state index contributed by atoms with van der Waals surface area (Å²) < 4.78 is -0.196. The molecule has 0 saturated carbocycles. The van der Waals surface area contributed by atoms with Gasteiger partial charge in [-0.15, -0.1) is 0 Å². The summed E-state index contributed by atoms with van der Waals surface area (Å²) in [6.07, 6.45) is 0. The Balaban J connectivity index is 2.54. The zero-order valence-electron chi connectivity index (χ0n) is 3.23. The Hall–Kier alpha value is 0.759. The molecular weight excluding hydrogens is 171 g/mol. The Morgan fingerprint density at radius 1 is 2.00 bits per heavy atom. The fraction of sp³-hybridized carbons (Fsp3) is 0.667. The number of aliphatic hydroxyl groups excluding tert-OH is 1. The second-order valence-corrected chi connectivity index (χ2v) is 4.35. The third-order valence-corrected chi connectivity index (χ3v) is 2.24. The molecular formula is C3H7OSn. The van der Waals surface area contributed by atoms with Crippen molar-refractivity contribution in [3.05, 3.63) is 6.92 Å². The van der Waals surface area contributed by atoms with Gasteiger partial charge in [-0.25, -0.2) is 0 Å². The molecule has 0 amide bonds. The number of rotatable bonds is 1. The van der Waals surface area contributed by atoms with Gasteiger partial charge in [-0.2, -0.15) is 0 Å². The van der Waals surface area contributed by atoms with E-state index in [9.17, 15) is 0 Å². The van der Waals surface area contributed by atoms with E-state index in [-0.39, 0.29) is 4.12 Å². The zero-order chi connectivity index (χ0) is 4.28. The van der Waals surface area contributed by atoms with Gasteiger partial charge in [-0.3, -0.25) is 0 Å². The van der Waals surface area contributed by atoms with E-state index in [0.29, 0.717) is 0 Å². The molecule has 0 heterocycles. The van der Waals surface area contributed by atoms with E-state index in [1.54, 1.807) is 0 Å². The first-order chi connectivity index (χ1) is 2.27. The standard InChI is InChI=1S/C2H4O.CH3.Sn/c1-2-3;;/h2-3H,1H2;1H3;. The van der Waals surface area contributed by atoms with Crippen molar-refractivity contribution in [2.45, 2.75) is 9.06 Å². The Labute approximate surface area is 42.6 Å². The molecule has 0 rings (SSSR count).